The minimum absolute atomic E-state index is 0.0159. The summed E-state index contributed by atoms with van der Waals surface area (Å²) in [5.41, 5.74) is 8.96. The topological polar surface area (TPSA) is 123 Å². The van der Waals surface area contributed by atoms with E-state index in [0.29, 0.717) is 34.0 Å². The third-order valence-corrected chi connectivity index (χ3v) is 6.17. The molecule has 0 aliphatic rings. The third-order valence-electron chi connectivity index (χ3n) is 4.52. The van der Waals surface area contributed by atoms with Crippen molar-refractivity contribution in [2.45, 2.75) is 18.4 Å². The number of hydrogen-bond donors (Lipinski definition) is 3. The number of hydrogen-bond acceptors (Lipinski definition) is 7. The van der Waals surface area contributed by atoms with Crippen LogP contribution in [0.25, 0.3) is 11.0 Å². The van der Waals surface area contributed by atoms with Crippen molar-refractivity contribution in [3.63, 3.8) is 0 Å². The minimum atomic E-state index is -3.94. The number of aryl methyl sites for hydroxylation is 1. The maximum absolute atomic E-state index is 12.9. The van der Waals surface area contributed by atoms with Gasteiger partial charge in [0.25, 0.3) is 10.0 Å². The van der Waals surface area contributed by atoms with Gasteiger partial charge in [0.2, 0.25) is 0 Å². The molecular formula is C21H19ClN6O2S. The number of aromatic nitrogens is 3. The number of halogens is 1. The Morgan fingerprint density at radius 3 is 2.35 bits per heavy atom. The summed E-state index contributed by atoms with van der Waals surface area (Å²) in [6.07, 6.45) is 1.29. The predicted molar refractivity (Wildman–Crippen MR) is 122 cm³/mol. The Bertz CT molecular complexity index is 1360. The van der Waals surface area contributed by atoms with Crippen molar-refractivity contribution in [3.8, 4) is 0 Å². The fourth-order valence-electron chi connectivity index (χ4n) is 2.88. The number of nitrogens with two attached hydrogens (primary N) is 1. The molecule has 31 heavy (non-hydrogen) atoms. The summed E-state index contributed by atoms with van der Waals surface area (Å²) in [6, 6.07) is 15.6. The SMILES string of the molecule is Cc1ccc(S(=O)(=O)Nc2nc3ccccc3nc2Nc2cc(CN)ccc2Cl)cn1. The van der Waals surface area contributed by atoms with E-state index in [1.807, 2.05) is 12.1 Å². The van der Waals surface area contributed by atoms with E-state index in [1.165, 1.54) is 12.3 Å². The largest absolute Gasteiger partial charge is 0.336 e. The van der Waals surface area contributed by atoms with Crippen LogP contribution in [-0.4, -0.2) is 23.4 Å². The number of para-hydroxylation sites is 2. The van der Waals surface area contributed by atoms with Crippen LogP contribution in [-0.2, 0) is 16.6 Å². The van der Waals surface area contributed by atoms with Gasteiger partial charge in [-0.3, -0.25) is 9.71 Å². The van der Waals surface area contributed by atoms with Gasteiger partial charge in [-0.05, 0) is 48.9 Å². The Balaban J connectivity index is 1.79. The van der Waals surface area contributed by atoms with Crippen LogP contribution in [0, 0.1) is 6.92 Å². The Labute approximate surface area is 184 Å². The van der Waals surface area contributed by atoms with Gasteiger partial charge >= 0.3 is 0 Å². The van der Waals surface area contributed by atoms with E-state index >= 15 is 0 Å². The molecule has 10 heteroatoms. The zero-order valence-electron chi connectivity index (χ0n) is 16.5. The van der Waals surface area contributed by atoms with Crippen molar-refractivity contribution >= 4 is 50.0 Å². The van der Waals surface area contributed by atoms with Crippen LogP contribution < -0.4 is 15.8 Å². The maximum Gasteiger partial charge on any atom is 0.264 e. The van der Waals surface area contributed by atoms with Crippen LogP contribution in [0.3, 0.4) is 0 Å². The van der Waals surface area contributed by atoms with Gasteiger partial charge in [-0.15, -0.1) is 0 Å². The summed E-state index contributed by atoms with van der Waals surface area (Å²) >= 11 is 6.32. The molecule has 0 aliphatic carbocycles. The Morgan fingerprint density at radius 2 is 1.71 bits per heavy atom. The van der Waals surface area contributed by atoms with Gasteiger partial charge in [0.1, 0.15) is 4.90 Å². The molecule has 0 spiro atoms. The van der Waals surface area contributed by atoms with E-state index in [1.54, 1.807) is 43.3 Å². The fraction of sp³-hybridized carbons (Fsp3) is 0.0952. The number of nitrogens with zero attached hydrogens (tertiary/aromatic N) is 3. The number of nitrogens with one attached hydrogen (secondary N) is 2. The van der Waals surface area contributed by atoms with Crippen molar-refractivity contribution in [2.75, 3.05) is 10.0 Å². The highest BCUT2D eigenvalue weighted by Crippen LogP contribution is 2.31. The van der Waals surface area contributed by atoms with Gasteiger partial charge in [-0.25, -0.2) is 18.4 Å². The van der Waals surface area contributed by atoms with E-state index in [-0.39, 0.29) is 16.5 Å². The van der Waals surface area contributed by atoms with Gasteiger partial charge in [-0.2, -0.15) is 0 Å². The minimum Gasteiger partial charge on any atom is -0.336 e. The lowest BCUT2D eigenvalue weighted by Crippen LogP contribution is -2.16. The zero-order valence-corrected chi connectivity index (χ0v) is 18.1. The molecule has 2 aromatic heterocycles. The summed E-state index contributed by atoms with van der Waals surface area (Å²) in [5, 5.41) is 3.52. The van der Waals surface area contributed by atoms with Crippen molar-refractivity contribution in [3.05, 3.63) is 77.1 Å². The molecule has 0 bridgehead atoms. The average Bonchev–Trinajstić information content (AvgIpc) is 2.75. The molecule has 4 rings (SSSR count). The van der Waals surface area contributed by atoms with Gasteiger partial charge in [0.05, 0.1) is 21.7 Å². The van der Waals surface area contributed by atoms with Crippen molar-refractivity contribution in [1.82, 2.24) is 15.0 Å². The van der Waals surface area contributed by atoms with Crippen LogP contribution in [0.15, 0.2) is 65.7 Å². The molecule has 4 aromatic rings. The van der Waals surface area contributed by atoms with Crippen molar-refractivity contribution < 1.29 is 8.42 Å². The van der Waals surface area contributed by atoms with E-state index in [4.69, 9.17) is 17.3 Å². The number of rotatable bonds is 6. The van der Waals surface area contributed by atoms with Gasteiger partial charge in [0, 0.05) is 18.4 Å². The second kappa shape index (κ2) is 8.46. The fourth-order valence-corrected chi connectivity index (χ4v) is 4.00. The van der Waals surface area contributed by atoms with Gasteiger partial charge < -0.3 is 11.1 Å². The average molecular weight is 455 g/mol. The lowest BCUT2D eigenvalue weighted by atomic mass is 10.2. The molecule has 8 nitrogen and oxygen atoms in total. The second-order valence-corrected chi connectivity index (χ2v) is 8.88. The molecule has 0 saturated heterocycles. The molecule has 0 amide bonds. The number of fused-ring (bicyclic) bond motifs is 1. The highest BCUT2D eigenvalue weighted by molar-refractivity contribution is 7.92. The Hall–Kier alpha value is -3.27. The number of anilines is 3. The van der Waals surface area contributed by atoms with Crippen LogP contribution in [0.4, 0.5) is 17.3 Å². The zero-order chi connectivity index (χ0) is 22.0. The lowest BCUT2D eigenvalue weighted by Gasteiger charge is -2.15. The summed E-state index contributed by atoms with van der Waals surface area (Å²) in [5.74, 6) is 0.243. The van der Waals surface area contributed by atoms with Gasteiger partial charge in [-0.1, -0.05) is 29.8 Å². The van der Waals surface area contributed by atoms with Crippen LogP contribution >= 0.6 is 11.6 Å². The predicted octanol–water partition coefficient (Wildman–Crippen LogP) is 3.99. The van der Waals surface area contributed by atoms with Crippen molar-refractivity contribution in [2.24, 2.45) is 5.73 Å². The first-order valence-electron chi connectivity index (χ1n) is 9.33. The Kier molecular flexibility index (Phi) is 5.73. The first-order valence-corrected chi connectivity index (χ1v) is 11.2. The van der Waals surface area contributed by atoms with E-state index < -0.39 is 10.0 Å². The molecule has 0 radical (unpaired) electrons. The smallest absolute Gasteiger partial charge is 0.264 e. The summed E-state index contributed by atoms with van der Waals surface area (Å²) in [7, 11) is -3.94. The third kappa shape index (κ3) is 4.58. The van der Waals surface area contributed by atoms with Crippen molar-refractivity contribution in [1.29, 1.82) is 0 Å². The van der Waals surface area contributed by atoms with Crippen LogP contribution in [0.1, 0.15) is 11.3 Å². The van der Waals surface area contributed by atoms with E-state index in [0.717, 1.165) is 5.56 Å². The monoisotopic (exact) mass is 454 g/mol. The number of pyridine rings is 1. The van der Waals surface area contributed by atoms with Crippen LogP contribution in [0.2, 0.25) is 5.02 Å². The highest BCUT2D eigenvalue weighted by atomic mass is 35.5. The molecule has 0 saturated carbocycles. The lowest BCUT2D eigenvalue weighted by molar-refractivity contribution is 0.600. The quantitative estimate of drug-likeness (QED) is 0.402. The molecule has 2 aromatic carbocycles. The summed E-state index contributed by atoms with van der Waals surface area (Å²) in [6.45, 7) is 2.11. The molecule has 0 fully saturated rings. The van der Waals surface area contributed by atoms with Crippen LogP contribution in [0.5, 0.6) is 0 Å². The number of sulfonamides is 1. The summed E-state index contributed by atoms with van der Waals surface area (Å²) in [4.78, 5) is 13.1. The molecule has 0 unspecified atom stereocenters. The molecule has 2 heterocycles. The molecule has 0 atom stereocenters. The van der Waals surface area contributed by atoms with E-state index in [9.17, 15) is 8.42 Å². The Morgan fingerprint density at radius 1 is 1.00 bits per heavy atom. The highest BCUT2D eigenvalue weighted by Gasteiger charge is 2.20. The molecule has 4 N–H and O–H groups in total. The number of benzene rings is 2. The first kappa shape index (κ1) is 21.0. The molecular weight excluding hydrogens is 436 g/mol. The molecule has 0 aliphatic heterocycles. The summed E-state index contributed by atoms with van der Waals surface area (Å²) < 4.78 is 28.4. The normalized spacial score (nSPS) is 11.5. The standard InChI is InChI=1S/C21H19ClN6O2S/c1-13-6-8-15(12-24-13)31(29,30)28-21-20(25-17-4-2-3-5-18(17)26-21)27-19-10-14(11-23)7-9-16(19)22/h2-10,12H,11,23H2,1H3,(H,25,27)(H,26,28). The maximum atomic E-state index is 12.9. The molecule has 158 valence electrons. The first-order chi connectivity index (χ1) is 14.9. The second-order valence-electron chi connectivity index (χ2n) is 6.79. The van der Waals surface area contributed by atoms with E-state index in [2.05, 4.69) is 25.0 Å². The van der Waals surface area contributed by atoms with Gasteiger partial charge in [0.15, 0.2) is 11.6 Å².